The Morgan fingerprint density at radius 3 is 0.990 bits per heavy atom. The molecule has 6 aromatic heterocycles. The lowest BCUT2D eigenvalue weighted by Gasteiger charge is -2.17. The van der Waals surface area contributed by atoms with Crippen LogP contribution in [0.1, 0.15) is 143 Å². The van der Waals surface area contributed by atoms with E-state index >= 15 is 0 Å². The van der Waals surface area contributed by atoms with Gasteiger partial charge in [-0.3, -0.25) is 28.8 Å². The van der Waals surface area contributed by atoms with Gasteiger partial charge in [0.25, 0.3) is 0 Å². The zero-order valence-electron chi connectivity index (χ0n) is 53.8. The number of benzene rings is 7. The van der Waals surface area contributed by atoms with Gasteiger partial charge < -0.3 is 39.1 Å². The Balaban J connectivity index is 0.000000104. The summed E-state index contributed by atoms with van der Waals surface area (Å²) in [6, 6.07) is 52.9. The van der Waals surface area contributed by atoms with Gasteiger partial charge in [0.15, 0.2) is 0 Å². The van der Waals surface area contributed by atoms with Gasteiger partial charge in [-0.2, -0.15) is 0 Å². The van der Waals surface area contributed by atoms with E-state index in [2.05, 4.69) is 107 Å². The number of nitrogens with one attached hydrogen (secondary N) is 4. The minimum Gasteiger partial charge on any atom is -0.387 e. The summed E-state index contributed by atoms with van der Waals surface area (Å²) < 4.78 is 6.85. The maximum absolute atomic E-state index is 13.0. The Hall–Kier alpha value is -10.3. The number of para-hydroxylation sites is 6. The number of Topliss-reactive ketones (excluding diaryl/α,β-unsaturated/α-hetero) is 6. The minimum absolute atomic E-state index is 0.0290. The van der Waals surface area contributed by atoms with Crippen molar-refractivity contribution in [2.24, 2.45) is 0 Å². The standard InChI is InChI=1S/3C24H20N2O2.C10H15NO/c3*27-20-11-21(28)23(22(20)17-12-25-19-9-2-1-7-15(17)19)18-13-26-10-4-6-14-5-3-8-16(18)24(14)26;1-8(11-2)10(12)9-6-4-3-5-7-9/h3*1-3,5,7-9,12-13,22-23,25H,4,6,10-11H2;3-8,10-12H,1-2H3/t3*22-,23-;8-,10+/m1110/s1. The van der Waals surface area contributed by atoms with Crippen LogP contribution < -0.4 is 5.32 Å². The number of aliphatic hydroxyl groups excluding tert-OH is 1. The summed E-state index contributed by atoms with van der Waals surface area (Å²) in [4.78, 5) is 87.8. The second-order valence-corrected chi connectivity index (χ2v) is 27.1. The van der Waals surface area contributed by atoms with E-state index in [9.17, 15) is 33.9 Å². The molecule has 7 aromatic carbocycles. The van der Waals surface area contributed by atoms with Crippen molar-refractivity contribution in [1.82, 2.24) is 34.0 Å². The molecule has 3 aliphatic carbocycles. The molecule has 0 amide bonds. The number of H-pyrrole nitrogens is 3. The van der Waals surface area contributed by atoms with Crippen LogP contribution in [0.2, 0.25) is 0 Å². The SMILES string of the molecule is CN[C@@H](C)[C@@H](O)c1ccccc1.O=C1CC(=O)[C@@H](c2cn3c4c(cccc24)CCC3)[C@@H]1c1c[nH]c2ccccc12.O=C1CC(=O)[C@@H](c2cn3c4c(cccc24)CCC3)[C@@H]1c1c[nH]c2ccccc12.O=C1CC(=O)[C@@H](c2cn3c4c(cccc24)CCC3)[C@@H]1c1c[nH]c2ccccc12. The van der Waals surface area contributed by atoms with Crippen molar-refractivity contribution >= 4 is 100 Å². The van der Waals surface area contributed by atoms with Crippen LogP contribution in [0.4, 0.5) is 0 Å². The Labute approximate surface area is 554 Å². The molecular weight excluding hydrogens is 1190 g/mol. The summed E-state index contributed by atoms with van der Waals surface area (Å²) in [6.45, 7) is 4.87. The van der Waals surface area contributed by atoms with Gasteiger partial charge in [0.1, 0.15) is 34.7 Å². The van der Waals surface area contributed by atoms with Crippen LogP contribution in [-0.2, 0) is 67.7 Å². The molecule has 14 heteroatoms. The number of rotatable bonds is 9. The lowest BCUT2D eigenvalue weighted by atomic mass is 9.83. The zero-order valence-corrected chi connectivity index (χ0v) is 53.8. The number of hydrogen-bond acceptors (Lipinski definition) is 8. The van der Waals surface area contributed by atoms with E-state index in [4.69, 9.17) is 0 Å². The predicted octanol–water partition coefficient (Wildman–Crippen LogP) is 14.8. The maximum Gasteiger partial charge on any atom is 0.148 e. The largest absolute Gasteiger partial charge is 0.387 e. The van der Waals surface area contributed by atoms with Gasteiger partial charge >= 0.3 is 0 Å². The highest BCUT2D eigenvalue weighted by molar-refractivity contribution is 6.18. The molecule has 3 fully saturated rings. The molecule has 6 aliphatic rings. The number of nitrogens with zero attached hydrogens (tertiary/aromatic N) is 3. The number of fused-ring (bicyclic) bond motifs is 3. The lowest BCUT2D eigenvalue weighted by Crippen LogP contribution is -2.28. The van der Waals surface area contributed by atoms with Crippen LogP contribution in [0.15, 0.2) is 195 Å². The summed E-state index contributed by atoms with van der Waals surface area (Å²) in [5, 5.41) is 19.3. The number of aryl methyl sites for hydroxylation is 6. The monoisotopic (exact) mass is 1270 g/mol. The second-order valence-electron chi connectivity index (χ2n) is 27.1. The molecule has 480 valence electrons. The van der Waals surface area contributed by atoms with E-state index in [0.29, 0.717) is 0 Å². The third kappa shape index (κ3) is 10.3. The highest BCUT2D eigenvalue weighted by Crippen LogP contribution is 2.51. The molecule has 13 aromatic rings. The van der Waals surface area contributed by atoms with Crippen LogP contribution in [0.3, 0.4) is 0 Å². The van der Waals surface area contributed by atoms with Crippen molar-refractivity contribution in [3.63, 3.8) is 0 Å². The van der Waals surface area contributed by atoms with Crippen molar-refractivity contribution in [2.75, 3.05) is 7.05 Å². The fourth-order valence-corrected chi connectivity index (χ4v) is 17.2. The fraction of sp³-hybridized carbons (Fsp3) is 0.268. The molecule has 0 bridgehead atoms. The number of aromatic amines is 3. The highest BCUT2D eigenvalue weighted by Gasteiger charge is 2.48. The summed E-state index contributed by atoms with van der Waals surface area (Å²) in [7, 11) is 1.84. The van der Waals surface area contributed by atoms with E-state index < -0.39 is 41.6 Å². The fourth-order valence-electron chi connectivity index (χ4n) is 17.2. The second kappa shape index (κ2) is 24.8. The smallest absolute Gasteiger partial charge is 0.148 e. The lowest BCUT2D eigenvalue weighted by molar-refractivity contribution is -0.123. The third-order valence-electron chi connectivity index (χ3n) is 21.6. The molecule has 0 spiro atoms. The maximum atomic E-state index is 13.0. The first-order valence-electron chi connectivity index (χ1n) is 34.0. The minimum atomic E-state index is -0.420. The molecule has 8 atom stereocenters. The van der Waals surface area contributed by atoms with E-state index in [1.54, 1.807) is 0 Å². The van der Waals surface area contributed by atoms with Gasteiger partial charge in [-0.1, -0.05) is 140 Å². The van der Waals surface area contributed by atoms with Gasteiger partial charge in [0.2, 0.25) is 0 Å². The summed E-state index contributed by atoms with van der Waals surface area (Å²) in [6.07, 6.45) is 18.4. The van der Waals surface area contributed by atoms with E-state index in [1.807, 2.05) is 136 Å². The number of carbonyl (C=O) groups excluding carboxylic acids is 6. The first kappa shape index (κ1) is 60.6. The van der Waals surface area contributed by atoms with Crippen LogP contribution in [0.5, 0.6) is 0 Å². The Kier molecular flexibility index (Phi) is 15.7. The summed E-state index contributed by atoms with van der Waals surface area (Å²) >= 11 is 0. The van der Waals surface area contributed by atoms with Crippen LogP contribution in [0.25, 0.3) is 65.4 Å². The van der Waals surface area contributed by atoms with E-state index in [1.165, 1.54) is 33.2 Å². The Morgan fingerprint density at radius 2 is 0.667 bits per heavy atom. The molecule has 0 radical (unpaired) electrons. The number of ketones is 6. The molecule has 3 saturated carbocycles. The molecule has 3 aliphatic heterocycles. The van der Waals surface area contributed by atoms with Crippen LogP contribution in [-0.4, -0.2) is 81.5 Å². The average molecular weight is 1270 g/mol. The molecular formula is C82H75N7O7. The number of aromatic nitrogens is 6. The van der Waals surface area contributed by atoms with Crippen molar-refractivity contribution < 1.29 is 33.9 Å². The molecule has 96 heavy (non-hydrogen) atoms. The van der Waals surface area contributed by atoms with Crippen LogP contribution >= 0.6 is 0 Å². The van der Waals surface area contributed by atoms with Crippen molar-refractivity contribution in [3.8, 4) is 0 Å². The van der Waals surface area contributed by atoms with Crippen LogP contribution in [0, 0.1) is 0 Å². The van der Waals surface area contributed by atoms with Gasteiger partial charge in [0.05, 0.1) is 77.4 Å². The molecule has 9 heterocycles. The Bertz CT molecular complexity index is 4790. The summed E-state index contributed by atoms with van der Waals surface area (Å²) in [5.74, 6) is -2.19. The molecule has 0 saturated heterocycles. The molecule has 14 nitrogen and oxygen atoms in total. The predicted molar refractivity (Wildman–Crippen MR) is 376 cm³/mol. The number of hydrogen-bond donors (Lipinski definition) is 5. The third-order valence-corrected chi connectivity index (χ3v) is 21.6. The van der Waals surface area contributed by atoms with Gasteiger partial charge in [-0.05, 0) is 126 Å². The molecule has 0 unspecified atom stereocenters. The van der Waals surface area contributed by atoms with Crippen molar-refractivity contribution in [3.05, 3.63) is 251 Å². The van der Waals surface area contributed by atoms with Gasteiger partial charge in [0, 0.05) is 112 Å². The topological polar surface area (TPSA) is 197 Å². The first-order valence-corrected chi connectivity index (χ1v) is 34.0. The number of aliphatic hydroxyl groups is 1. The summed E-state index contributed by atoms with van der Waals surface area (Å²) in [5.41, 5.74) is 17.6. The van der Waals surface area contributed by atoms with Crippen molar-refractivity contribution in [2.45, 2.75) is 132 Å². The first-order chi connectivity index (χ1) is 46.9. The Morgan fingerprint density at radius 1 is 0.375 bits per heavy atom. The average Bonchev–Trinajstić information content (AvgIpc) is 1.59. The number of likely N-dealkylation sites (N-methyl/N-ethyl adjacent to an activating group) is 1. The number of carbonyl (C=O) groups is 6. The molecule has 19 rings (SSSR count). The quantitative estimate of drug-likeness (QED) is 0.0880. The normalized spacial score (nSPS) is 21.1. The van der Waals surface area contributed by atoms with Gasteiger partial charge in [-0.15, -0.1) is 0 Å². The highest BCUT2D eigenvalue weighted by atomic mass is 16.3. The van der Waals surface area contributed by atoms with E-state index in [-0.39, 0.29) is 60.0 Å². The van der Waals surface area contributed by atoms with E-state index in [0.717, 1.165) is 146 Å². The van der Waals surface area contributed by atoms with Crippen molar-refractivity contribution in [1.29, 1.82) is 0 Å². The zero-order chi connectivity index (χ0) is 65.5. The molecule has 5 N–H and O–H groups in total. The van der Waals surface area contributed by atoms with Gasteiger partial charge in [-0.25, -0.2) is 0 Å².